The number of aromatic nitrogens is 1. The second-order valence-corrected chi connectivity index (χ2v) is 4.83. The number of nitrogens with zero attached hydrogens (tertiary/aromatic N) is 2. The number of pyridine rings is 1. The van der Waals surface area contributed by atoms with Crippen molar-refractivity contribution in [2.75, 3.05) is 0 Å². The average Bonchev–Trinajstić information content (AvgIpc) is 2.38. The Morgan fingerprint density at radius 2 is 2.00 bits per heavy atom. The van der Waals surface area contributed by atoms with Crippen LogP contribution in [0, 0.1) is 11.3 Å². The van der Waals surface area contributed by atoms with Gasteiger partial charge in [-0.25, -0.2) is 4.98 Å². The van der Waals surface area contributed by atoms with E-state index in [4.69, 9.17) is 16.9 Å². The smallest absolute Gasteiger partial charge is 0.153 e. The molecule has 0 saturated heterocycles. The predicted octanol–water partition coefficient (Wildman–Crippen LogP) is 3.90. The molecule has 17 heavy (non-hydrogen) atoms. The number of thioether (sulfide) groups is 1. The second kappa shape index (κ2) is 5.72. The van der Waals surface area contributed by atoms with Gasteiger partial charge in [0.05, 0.1) is 0 Å². The van der Waals surface area contributed by atoms with E-state index in [-0.39, 0.29) is 0 Å². The fourth-order valence-corrected chi connectivity index (χ4v) is 2.38. The summed E-state index contributed by atoms with van der Waals surface area (Å²) in [6.45, 7) is 0. The van der Waals surface area contributed by atoms with Gasteiger partial charge in [-0.15, -0.1) is 11.8 Å². The molecular weight excluding hydrogens is 252 g/mol. The highest BCUT2D eigenvalue weighted by atomic mass is 35.5. The van der Waals surface area contributed by atoms with Crippen LogP contribution in [0.5, 0.6) is 0 Å². The lowest BCUT2D eigenvalue weighted by Gasteiger charge is -2.03. The van der Waals surface area contributed by atoms with E-state index in [0.29, 0.717) is 5.69 Å². The zero-order valence-corrected chi connectivity index (χ0v) is 10.5. The Bertz CT molecular complexity index is 546. The first-order chi connectivity index (χ1) is 8.29. The van der Waals surface area contributed by atoms with Crippen LogP contribution in [0.2, 0.25) is 5.02 Å². The fourth-order valence-electron chi connectivity index (χ4n) is 1.33. The molecule has 4 heteroatoms. The molecule has 0 bridgehead atoms. The molecule has 0 N–H and O–H groups in total. The molecule has 0 aliphatic heterocycles. The van der Waals surface area contributed by atoms with E-state index in [0.717, 1.165) is 15.7 Å². The minimum absolute atomic E-state index is 0.478. The monoisotopic (exact) mass is 260 g/mol. The van der Waals surface area contributed by atoms with Crippen LogP contribution >= 0.6 is 23.4 Å². The van der Waals surface area contributed by atoms with Crippen molar-refractivity contribution in [2.24, 2.45) is 0 Å². The van der Waals surface area contributed by atoms with Gasteiger partial charge in [-0.2, -0.15) is 5.26 Å². The molecule has 0 radical (unpaired) electrons. The quantitative estimate of drug-likeness (QED) is 0.786. The van der Waals surface area contributed by atoms with Crippen molar-refractivity contribution in [3.8, 4) is 6.07 Å². The van der Waals surface area contributed by atoms with Gasteiger partial charge in [0.25, 0.3) is 0 Å². The van der Waals surface area contributed by atoms with Gasteiger partial charge in [0.15, 0.2) is 5.69 Å². The Hall–Kier alpha value is -1.50. The first-order valence-corrected chi connectivity index (χ1v) is 6.38. The zero-order chi connectivity index (χ0) is 12.1. The molecule has 1 aromatic heterocycles. The lowest BCUT2D eigenvalue weighted by molar-refractivity contribution is 1.17. The summed E-state index contributed by atoms with van der Waals surface area (Å²) in [6, 6.07) is 13.5. The van der Waals surface area contributed by atoms with E-state index in [1.54, 1.807) is 18.0 Å². The summed E-state index contributed by atoms with van der Waals surface area (Å²) < 4.78 is 0. The van der Waals surface area contributed by atoms with Crippen LogP contribution in [0.25, 0.3) is 0 Å². The standard InChI is InChI=1S/C13H9ClN2S/c14-11-5-3-10(4-6-11)9-17-13-2-1-7-16-12(13)8-15/h1-7H,9H2. The molecule has 0 amide bonds. The number of hydrogen-bond donors (Lipinski definition) is 0. The van der Waals surface area contributed by atoms with Gasteiger partial charge in [0.1, 0.15) is 6.07 Å². The van der Waals surface area contributed by atoms with Crippen LogP contribution in [-0.4, -0.2) is 4.98 Å². The zero-order valence-electron chi connectivity index (χ0n) is 8.93. The van der Waals surface area contributed by atoms with E-state index in [2.05, 4.69) is 11.1 Å². The van der Waals surface area contributed by atoms with Gasteiger partial charge in [-0.3, -0.25) is 0 Å². The van der Waals surface area contributed by atoms with Crippen LogP contribution in [0.1, 0.15) is 11.3 Å². The second-order valence-electron chi connectivity index (χ2n) is 3.38. The van der Waals surface area contributed by atoms with E-state index in [1.165, 1.54) is 5.56 Å². The SMILES string of the molecule is N#Cc1ncccc1SCc1ccc(Cl)cc1. The normalized spacial score (nSPS) is 9.88. The number of nitriles is 1. The first-order valence-electron chi connectivity index (χ1n) is 5.02. The van der Waals surface area contributed by atoms with Gasteiger partial charge >= 0.3 is 0 Å². The maximum Gasteiger partial charge on any atom is 0.153 e. The number of halogens is 1. The van der Waals surface area contributed by atoms with Crippen LogP contribution < -0.4 is 0 Å². The predicted molar refractivity (Wildman–Crippen MR) is 70.0 cm³/mol. The van der Waals surface area contributed by atoms with Crippen LogP contribution in [0.4, 0.5) is 0 Å². The number of benzene rings is 1. The molecule has 0 atom stereocenters. The average molecular weight is 261 g/mol. The van der Waals surface area contributed by atoms with Crippen molar-refractivity contribution in [2.45, 2.75) is 10.6 Å². The first kappa shape index (κ1) is 12.0. The molecular formula is C13H9ClN2S. The third-order valence-electron chi connectivity index (χ3n) is 2.18. The highest BCUT2D eigenvalue weighted by Crippen LogP contribution is 2.25. The summed E-state index contributed by atoms with van der Waals surface area (Å²) in [5.74, 6) is 0.803. The molecule has 2 aromatic rings. The summed E-state index contributed by atoms with van der Waals surface area (Å²) in [7, 11) is 0. The van der Waals surface area contributed by atoms with Gasteiger partial charge in [0.2, 0.25) is 0 Å². The summed E-state index contributed by atoms with van der Waals surface area (Å²) >= 11 is 7.42. The number of rotatable bonds is 3. The molecule has 0 fully saturated rings. The molecule has 0 saturated carbocycles. The Morgan fingerprint density at radius 1 is 1.24 bits per heavy atom. The molecule has 1 heterocycles. The van der Waals surface area contributed by atoms with Crippen molar-refractivity contribution in [3.63, 3.8) is 0 Å². The van der Waals surface area contributed by atoms with Gasteiger partial charge in [-0.05, 0) is 29.8 Å². The van der Waals surface area contributed by atoms with E-state index in [1.807, 2.05) is 36.4 Å². The van der Waals surface area contributed by atoms with E-state index in [9.17, 15) is 0 Å². The third kappa shape index (κ3) is 3.23. The van der Waals surface area contributed by atoms with Crippen LogP contribution in [0.3, 0.4) is 0 Å². The maximum absolute atomic E-state index is 8.91. The van der Waals surface area contributed by atoms with Crippen molar-refractivity contribution < 1.29 is 0 Å². The van der Waals surface area contributed by atoms with Crippen LogP contribution in [0.15, 0.2) is 47.5 Å². The van der Waals surface area contributed by atoms with Gasteiger partial charge in [-0.1, -0.05) is 23.7 Å². The Balaban J connectivity index is 2.08. The number of hydrogen-bond acceptors (Lipinski definition) is 3. The lowest BCUT2D eigenvalue weighted by atomic mass is 10.2. The molecule has 2 rings (SSSR count). The Kier molecular flexibility index (Phi) is 4.03. The largest absolute Gasteiger partial charge is 0.244 e. The summed E-state index contributed by atoms with van der Waals surface area (Å²) in [5, 5.41) is 9.64. The summed E-state index contributed by atoms with van der Waals surface area (Å²) in [4.78, 5) is 4.93. The highest BCUT2D eigenvalue weighted by Gasteiger charge is 2.03. The van der Waals surface area contributed by atoms with Crippen molar-refractivity contribution in [3.05, 3.63) is 58.9 Å². The lowest BCUT2D eigenvalue weighted by Crippen LogP contribution is -1.86. The Labute approximate surface area is 109 Å². The van der Waals surface area contributed by atoms with Gasteiger partial charge in [0, 0.05) is 21.9 Å². The van der Waals surface area contributed by atoms with E-state index >= 15 is 0 Å². The molecule has 0 aliphatic carbocycles. The molecule has 2 nitrogen and oxygen atoms in total. The molecule has 1 aromatic carbocycles. The summed E-state index contributed by atoms with van der Waals surface area (Å²) in [5.41, 5.74) is 1.65. The van der Waals surface area contributed by atoms with Gasteiger partial charge < -0.3 is 0 Å². The topological polar surface area (TPSA) is 36.7 Å². The van der Waals surface area contributed by atoms with Crippen molar-refractivity contribution in [1.29, 1.82) is 5.26 Å². The molecule has 0 aliphatic rings. The molecule has 84 valence electrons. The Morgan fingerprint density at radius 3 is 2.71 bits per heavy atom. The van der Waals surface area contributed by atoms with Crippen molar-refractivity contribution >= 4 is 23.4 Å². The minimum Gasteiger partial charge on any atom is -0.244 e. The van der Waals surface area contributed by atoms with Crippen LogP contribution in [-0.2, 0) is 5.75 Å². The highest BCUT2D eigenvalue weighted by molar-refractivity contribution is 7.98. The third-order valence-corrected chi connectivity index (χ3v) is 3.55. The molecule has 0 unspecified atom stereocenters. The fraction of sp³-hybridized carbons (Fsp3) is 0.0769. The summed E-state index contributed by atoms with van der Waals surface area (Å²) in [6.07, 6.45) is 1.63. The minimum atomic E-state index is 0.478. The van der Waals surface area contributed by atoms with Crippen molar-refractivity contribution in [1.82, 2.24) is 4.98 Å². The molecule has 0 spiro atoms. The maximum atomic E-state index is 8.91. The van der Waals surface area contributed by atoms with E-state index < -0.39 is 0 Å².